The molecule has 0 aliphatic carbocycles. The summed E-state index contributed by atoms with van der Waals surface area (Å²) in [7, 11) is 0. The molecular formula is C15H17BrN2. The van der Waals surface area contributed by atoms with Crippen LogP contribution < -0.4 is 11.1 Å². The predicted molar refractivity (Wildman–Crippen MR) is 82.4 cm³/mol. The number of anilines is 3. The van der Waals surface area contributed by atoms with Gasteiger partial charge in [0.15, 0.2) is 0 Å². The lowest BCUT2D eigenvalue weighted by atomic mass is 10.0. The number of nitrogen functional groups attached to an aromatic ring is 1. The highest BCUT2D eigenvalue weighted by molar-refractivity contribution is 9.10. The van der Waals surface area contributed by atoms with Crippen molar-refractivity contribution < 1.29 is 0 Å². The van der Waals surface area contributed by atoms with Crippen molar-refractivity contribution in [2.24, 2.45) is 0 Å². The van der Waals surface area contributed by atoms with Crippen LogP contribution in [0.5, 0.6) is 0 Å². The third kappa shape index (κ3) is 2.85. The van der Waals surface area contributed by atoms with E-state index in [4.69, 9.17) is 5.73 Å². The van der Waals surface area contributed by atoms with Crippen LogP contribution in [0.2, 0.25) is 0 Å². The molecule has 0 unspecified atom stereocenters. The van der Waals surface area contributed by atoms with Crippen molar-refractivity contribution in [3.05, 3.63) is 52.5 Å². The largest absolute Gasteiger partial charge is 0.397 e. The van der Waals surface area contributed by atoms with Crippen molar-refractivity contribution in [1.29, 1.82) is 0 Å². The van der Waals surface area contributed by atoms with Gasteiger partial charge in [0.1, 0.15) is 0 Å². The van der Waals surface area contributed by atoms with Gasteiger partial charge in [0.2, 0.25) is 0 Å². The van der Waals surface area contributed by atoms with Crippen LogP contribution in [0.15, 0.2) is 46.9 Å². The summed E-state index contributed by atoms with van der Waals surface area (Å²) in [6.45, 7) is 4.37. The minimum atomic E-state index is 0.525. The highest BCUT2D eigenvalue weighted by atomic mass is 79.9. The zero-order valence-electron chi connectivity index (χ0n) is 10.6. The van der Waals surface area contributed by atoms with E-state index < -0.39 is 0 Å². The van der Waals surface area contributed by atoms with Gasteiger partial charge >= 0.3 is 0 Å². The molecule has 0 heterocycles. The monoisotopic (exact) mass is 304 g/mol. The van der Waals surface area contributed by atoms with Crippen LogP contribution in [0.25, 0.3) is 0 Å². The Labute approximate surface area is 116 Å². The maximum Gasteiger partial charge on any atom is 0.0618 e. The molecular weight excluding hydrogens is 288 g/mol. The second kappa shape index (κ2) is 5.44. The first-order chi connectivity index (χ1) is 8.58. The molecule has 18 heavy (non-hydrogen) atoms. The number of nitrogens with one attached hydrogen (secondary N) is 1. The number of hydrogen-bond donors (Lipinski definition) is 2. The van der Waals surface area contributed by atoms with Crippen molar-refractivity contribution in [3.8, 4) is 0 Å². The molecule has 3 heteroatoms. The molecule has 0 fully saturated rings. The van der Waals surface area contributed by atoms with Crippen molar-refractivity contribution >= 4 is 33.0 Å². The number of benzene rings is 2. The Kier molecular flexibility index (Phi) is 3.92. The van der Waals surface area contributed by atoms with Crippen LogP contribution in [-0.4, -0.2) is 0 Å². The third-order valence-electron chi connectivity index (χ3n) is 2.89. The summed E-state index contributed by atoms with van der Waals surface area (Å²) < 4.78 is 1.05. The molecule has 2 aromatic rings. The van der Waals surface area contributed by atoms with Gasteiger partial charge in [0.05, 0.1) is 17.1 Å². The molecule has 2 aromatic carbocycles. The average molecular weight is 305 g/mol. The molecule has 0 amide bonds. The summed E-state index contributed by atoms with van der Waals surface area (Å²) in [6.07, 6.45) is 0. The van der Waals surface area contributed by atoms with Crippen molar-refractivity contribution in [3.63, 3.8) is 0 Å². The lowest BCUT2D eigenvalue weighted by Gasteiger charge is -2.13. The fraction of sp³-hybridized carbons (Fsp3) is 0.200. The van der Waals surface area contributed by atoms with E-state index in [-0.39, 0.29) is 0 Å². The molecule has 0 bridgehead atoms. The summed E-state index contributed by atoms with van der Waals surface area (Å²) in [5.74, 6) is 0.525. The van der Waals surface area contributed by atoms with E-state index in [1.165, 1.54) is 5.56 Å². The average Bonchev–Trinajstić information content (AvgIpc) is 2.34. The molecule has 2 nitrogen and oxygen atoms in total. The Hall–Kier alpha value is -1.48. The van der Waals surface area contributed by atoms with Crippen LogP contribution in [0.1, 0.15) is 25.3 Å². The van der Waals surface area contributed by atoms with E-state index in [0.29, 0.717) is 5.92 Å². The number of nitrogens with two attached hydrogens (primary N) is 1. The van der Waals surface area contributed by atoms with Crippen molar-refractivity contribution in [1.82, 2.24) is 0 Å². The van der Waals surface area contributed by atoms with Crippen molar-refractivity contribution in [2.45, 2.75) is 19.8 Å². The zero-order valence-corrected chi connectivity index (χ0v) is 12.2. The quantitative estimate of drug-likeness (QED) is 0.792. The van der Waals surface area contributed by atoms with Gasteiger partial charge in [-0.25, -0.2) is 0 Å². The van der Waals surface area contributed by atoms with Gasteiger partial charge in [-0.2, -0.15) is 0 Å². The maximum atomic E-state index is 5.92. The molecule has 0 aromatic heterocycles. The molecule has 0 saturated heterocycles. The SMILES string of the molecule is CC(C)c1ccc(Nc2ccccc2N)c(Br)c1. The highest BCUT2D eigenvalue weighted by Gasteiger charge is 2.05. The molecule has 2 rings (SSSR count). The summed E-state index contributed by atoms with van der Waals surface area (Å²) in [6, 6.07) is 14.1. The molecule has 0 aliphatic heterocycles. The number of halogens is 1. The normalized spacial score (nSPS) is 10.7. The summed E-state index contributed by atoms with van der Waals surface area (Å²) in [4.78, 5) is 0. The zero-order chi connectivity index (χ0) is 13.1. The van der Waals surface area contributed by atoms with Crippen LogP contribution in [0.3, 0.4) is 0 Å². The molecule has 0 radical (unpaired) electrons. The number of para-hydroxylation sites is 2. The van der Waals surface area contributed by atoms with Gasteiger partial charge in [0.25, 0.3) is 0 Å². The Morgan fingerprint density at radius 3 is 2.39 bits per heavy atom. The molecule has 0 atom stereocenters. The van der Waals surface area contributed by atoms with Gasteiger partial charge in [-0.3, -0.25) is 0 Å². The lowest BCUT2D eigenvalue weighted by Crippen LogP contribution is -1.97. The van der Waals surface area contributed by atoms with Gasteiger partial charge in [-0.1, -0.05) is 32.0 Å². The maximum absolute atomic E-state index is 5.92. The predicted octanol–water partition coefficient (Wildman–Crippen LogP) is 4.90. The summed E-state index contributed by atoms with van der Waals surface area (Å²) in [5, 5.41) is 3.33. The van der Waals surface area contributed by atoms with Crippen LogP contribution in [-0.2, 0) is 0 Å². The molecule has 3 N–H and O–H groups in total. The standard InChI is InChI=1S/C15H17BrN2/c1-10(2)11-7-8-14(12(16)9-11)18-15-6-4-3-5-13(15)17/h3-10,18H,17H2,1-2H3. The van der Waals surface area contributed by atoms with Crippen LogP contribution in [0, 0.1) is 0 Å². The minimum absolute atomic E-state index is 0.525. The number of hydrogen-bond acceptors (Lipinski definition) is 2. The van der Waals surface area contributed by atoms with E-state index in [0.717, 1.165) is 21.5 Å². The summed E-state index contributed by atoms with van der Waals surface area (Å²) in [5.41, 5.74) is 9.93. The Morgan fingerprint density at radius 1 is 1.06 bits per heavy atom. The molecule has 0 spiro atoms. The molecule has 0 aliphatic rings. The van der Waals surface area contributed by atoms with E-state index in [9.17, 15) is 0 Å². The van der Waals surface area contributed by atoms with Crippen LogP contribution in [0.4, 0.5) is 17.1 Å². The van der Waals surface area contributed by atoms with Crippen LogP contribution >= 0.6 is 15.9 Å². The summed E-state index contributed by atoms with van der Waals surface area (Å²) >= 11 is 3.59. The third-order valence-corrected chi connectivity index (χ3v) is 3.55. The fourth-order valence-corrected chi connectivity index (χ4v) is 2.24. The van der Waals surface area contributed by atoms with E-state index >= 15 is 0 Å². The Bertz CT molecular complexity index is 550. The first-order valence-electron chi connectivity index (χ1n) is 5.99. The smallest absolute Gasteiger partial charge is 0.0618 e. The van der Waals surface area contributed by atoms with Gasteiger partial charge in [0, 0.05) is 4.47 Å². The molecule has 0 saturated carbocycles. The molecule has 94 valence electrons. The first-order valence-corrected chi connectivity index (χ1v) is 6.78. The van der Waals surface area contributed by atoms with Gasteiger partial charge in [-0.15, -0.1) is 0 Å². The second-order valence-corrected chi connectivity index (χ2v) is 5.46. The van der Waals surface area contributed by atoms with E-state index in [1.54, 1.807) is 0 Å². The first kappa shape index (κ1) is 13.0. The lowest BCUT2D eigenvalue weighted by molar-refractivity contribution is 0.866. The minimum Gasteiger partial charge on any atom is -0.397 e. The Morgan fingerprint density at radius 2 is 1.78 bits per heavy atom. The fourth-order valence-electron chi connectivity index (χ4n) is 1.75. The van der Waals surface area contributed by atoms with E-state index in [1.807, 2.05) is 24.3 Å². The van der Waals surface area contributed by atoms with Gasteiger partial charge < -0.3 is 11.1 Å². The number of rotatable bonds is 3. The highest BCUT2D eigenvalue weighted by Crippen LogP contribution is 2.31. The Balaban J connectivity index is 2.28. The topological polar surface area (TPSA) is 38.0 Å². The van der Waals surface area contributed by atoms with E-state index in [2.05, 4.69) is 53.3 Å². The second-order valence-electron chi connectivity index (χ2n) is 4.61. The van der Waals surface area contributed by atoms with Crippen molar-refractivity contribution in [2.75, 3.05) is 11.1 Å². The van der Waals surface area contributed by atoms with Gasteiger partial charge in [-0.05, 0) is 51.7 Å².